The zero-order valence-electron chi connectivity index (χ0n) is 19.2. The molecule has 0 aromatic heterocycles. The lowest BCUT2D eigenvalue weighted by molar-refractivity contribution is -0.115. The molecule has 1 heterocycles. The first-order chi connectivity index (χ1) is 14.4. The van der Waals surface area contributed by atoms with E-state index in [4.69, 9.17) is 4.74 Å². The van der Waals surface area contributed by atoms with Crippen LogP contribution in [-0.4, -0.2) is 23.3 Å². The Bertz CT molecular complexity index is 1020. The van der Waals surface area contributed by atoms with Crippen molar-refractivity contribution in [1.82, 2.24) is 5.32 Å². The molecule has 0 atom stereocenters. The highest BCUT2D eigenvalue weighted by Gasteiger charge is 2.28. The van der Waals surface area contributed by atoms with Gasteiger partial charge >= 0.3 is 0 Å². The summed E-state index contributed by atoms with van der Waals surface area (Å²) in [5.74, 6) is 0.900. The Hall–Kier alpha value is -2.73. The van der Waals surface area contributed by atoms with E-state index >= 15 is 0 Å². The van der Waals surface area contributed by atoms with E-state index in [0.29, 0.717) is 15.8 Å². The number of phenolic OH excluding ortho intramolecular Hbond substituents is 1. The van der Waals surface area contributed by atoms with Gasteiger partial charge in [0.25, 0.3) is 5.91 Å². The number of aromatic hydroxyl groups is 1. The number of rotatable bonds is 3. The Morgan fingerprint density at radius 3 is 2.03 bits per heavy atom. The fraction of sp³-hybridized carbons (Fsp3) is 0.360. The molecule has 6 heteroatoms. The van der Waals surface area contributed by atoms with Crippen molar-refractivity contribution >= 4 is 34.6 Å². The quantitative estimate of drug-likeness (QED) is 0.587. The summed E-state index contributed by atoms with van der Waals surface area (Å²) >= 11 is 1.31. The number of hydrogen-bond donors (Lipinski definition) is 2. The zero-order valence-corrected chi connectivity index (χ0v) is 20.0. The Labute approximate surface area is 188 Å². The van der Waals surface area contributed by atoms with Crippen LogP contribution in [0.5, 0.6) is 11.5 Å². The highest BCUT2D eigenvalue weighted by molar-refractivity contribution is 8.18. The van der Waals surface area contributed by atoms with Gasteiger partial charge in [-0.25, -0.2) is 4.99 Å². The molecule has 2 N–H and O–H groups in total. The zero-order chi connectivity index (χ0) is 23.0. The van der Waals surface area contributed by atoms with E-state index < -0.39 is 0 Å². The van der Waals surface area contributed by atoms with Gasteiger partial charge in [0.1, 0.15) is 11.5 Å². The van der Waals surface area contributed by atoms with E-state index in [9.17, 15) is 9.90 Å². The molecule has 1 amide bonds. The largest absolute Gasteiger partial charge is 0.507 e. The van der Waals surface area contributed by atoms with Crippen molar-refractivity contribution in [1.29, 1.82) is 0 Å². The Kier molecular flexibility index (Phi) is 6.23. The summed E-state index contributed by atoms with van der Waals surface area (Å²) in [6.07, 6.45) is 1.86. The minimum Gasteiger partial charge on any atom is -0.507 e. The number of amides is 1. The molecule has 1 saturated heterocycles. The number of phenols is 1. The molecule has 0 saturated carbocycles. The lowest BCUT2D eigenvalue weighted by Crippen LogP contribution is -2.19. The fourth-order valence-electron chi connectivity index (χ4n) is 3.29. The lowest BCUT2D eigenvalue weighted by atomic mass is 9.78. The number of ether oxygens (including phenoxy) is 1. The average molecular weight is 439 g/mol. The number of methoxy groups -OCH3 is 1. The second-order valence-electron chi connectivity index (χ2n) is 9.64. The van der Waals surface area contributed by atoms with Crippen LogP contribution in [0, 0.1) is 0 Å². The van der Waals surface area contributed by atoms with Crippen molar-refractivity contribution in [2.75, 3.05) is 7.11 Å². The SMILES string of the molecule is COc1ccc(N=C2NC(=O)/C(=C/c3cc(C(C)(C)C)c(O)c(C(C)(C)C)c3)S2)cc1. The summed E-state index contributed by atoms with van der Waals surface area (Å²) in [6, 6.07) is 11.3. The van der Waals surface area contributed by atoms with Gasteiger partial charge in [0.15, 0.2) is 5.17 Å². The molecule has 1 aliphatic rings. The topological polar surface area (TPSA) is 70.9 Å². The van der Waals surface area contributed by atoms with Crippen LogP contribution in [0.2, 0.25) is 0 Å². The fourth-order valence-corrected chi connectivity index (χ4v) is 4.13. The normalized spacial score (nSPS) is 17.3. The summed E-state index contributed by atoms with van der Waals surface area (Å²) in [6.45, 7) is 12.4. The van der Waals surface area contributed by atoms with Gasteiger partial charge in [-0.1, -0.05) is 41.5 Å². The number of aliphatic imine (C=N–C) groups is 1. The van der Waals surface area contributed by atoms with Crippen LogP contribution >= 0.6 is 11.8 Å². The van der Waals surface area contributed by atoms with Gasteiger partial charge in [-0.3, -0.25) is 4.79 Å². The van der Waals surface area contributed by atoms with Gasteiger partial charge in [0.2, 0.25) is 0 Å². The Morgan fingerprint density at radius 1 is 1.00 bits per heavy atom. The molecule has 164 valence electrons. The molecular weight excluding hydrogens is 408 g/mol. The monoisotopic (exact) mass is 438 g/mol. The van der Waals surface area contributed by atoms with E-state index in [0.717, 1.165) is 28.1 Å². The van der Waals surface area contributed by atoms with E-state index in [1.165, 1.54) is 11.8 Å². The van der Waals surface area contributed by atoms with E-state index in [1.54, 1.807) is 7.11 Å². The number of carbonyl (C=O) groups is 1. The molecule has 3 rings (SSSR count). The third-order valence-corrected chi connectivity index (χ3v) is 5.91. The Balaban J connectivity index is 1.97. The van der Waals surface area contributed by atoms with Crippen LogP contribution < -0.4 is 10.1 Å². The number of hydrogen-bond acceptors (Lipinski definition) is 5. The summed E-state index contributed by atoms with van der Waals surface area (Å²) in [7, 11) is 1.62. The van der Waals surface area contributed by atoms with Crippen LogP contribution in [0.4, 0.5) is 5.69 Å². The summed E-state index contributed by atoms with van der Waals surface area (Å²) in [4.78, 5) is 17.6. The number of nitrogens with zero attached hydrogens (tertiary/aromatic N) is 1. The van der Waals surface area contributed by atoms with Gasteiger partial charge in [-0.05, 0) is 70.6 Å². The maximum atomic E-state index is 12.6. The minimum absolute atomic E-state index is 0.181. The third kappa shape index (κ3) is 5.31. The highest BCUT2D eigenvalue weighted by atomic mass is 32.2. The molecule has 0 radical (unpaired) electrons. The van der Waals surface area contributed by atoms with Crippen LogP contribution in [0.25, 0.3) is 6.08 Å². The van der Waals surface area contributed by atoms with Gasteiger partial charge < -0.3 is 15.2 Å². The van der Waals surface area contributed by atoms with Crippen molar-refractivity contribution in [3.8, 4) is 11.5 Å². The summed E-state index contributed by atoms with van der Waals surface area (Å²) in [5.41, 5.74) is 2.88. The molecular formula is C25H30N2O3S. The van der Waals surface area contributed by atoms with Gasteiger partial charge in [0.05, 0.1) is 17.7 Å². The predicted molar refractivity (Wildman–Crippen MR) is 129 cm³/mol. The van der Waals surface area contributed by atoms with Crippen molar-refractivity contribution in [3.63, 3.8) is 0 Å². The molecule has 2 aromatic rings. The van der Waals surface area contributed by atoms with Crippen LogP contribution in [0.15, 0.2) is 46.3 Å². The van der Waals surface area contributed by atoms with Crippen LogP contribution in [-0.2, 0) is 15.6 Å². The molecule has 1 fully saturated rings. The van der Waals surface area contributed by atoms with E-state index in [1.807, 2.05) is 42.5 Å². The number of carbonyl (C=O) groups excluding carboxylic acids is 1. The smallest absolute Gasteiger partial charge is 0.264 e. The van der Waals surface area contributed by atoms with Crippen LogP contribution in [0.1, 0.15) is 58.2 Å². The van der Waals surface area contributed by atoms with Gasteiger partial charge in [0, 0.05) is 11.1 Å². The van der Waals surface area contributed by atoms with E-state index in [-0.39, 0.29) is 16.7 Å². The maximum absolute atomic E-state index is 12.6. The molecule has 0 spiro atoms. The van der Waals surface area contributed by atoms with Crippen molar-refractivity contribution in [2.45, 2.75) is 52.4 Å². The molecule has 2 aromatic carbocycles. The first kappa shape index (κ1) is 22.9. The van der Waals surface area contributed by atoms with Crippen molar-refractivity contribution in [2.24, 2.45) is 4.99 Å². The molecule has 0 unspecified atom stereocenters. The van der Waals surface area contributed by atoms with Crippen molar-refractivity contribution in [3.05, 3.63) is 58.0 Å². The molecule has 0 aliphatic carbocycles. The number of benzene rings is 2. The second kappa shape index (κ2) is 8.42. The first-order valence-electron chi connectivity index (χ1n) is 10.2. The second-order valence-corrected chi connectivity index (χ2v) is 10.7. The molecule has 5 nitrogen and oxygen atoms in total. The standard InChI is InChI=1S/C25H30N2O3S/c1-24(2,3)18-12-15(13-19(21(18)28)25(4,5)6)14-20-22(29)27-23(31-20)26-16-8-10-17(30-7)11-9-16/h8-14,28H,1-7H3,(H,26,27,29)/b20-14-. The minimum atomic E-state index is -0.231. The summed E-state index contributed by atoms with van der Waals surface area (Å²) in [5, 5.41) is 14.3. The highest BCUT2D eigenvalue weighted by Crippen LogP contribution is 2.40. The predicted octanol–water partition coefficient (Wildman–Crippen LogP) is 5.89. The van der Waals surface area contributed by atoms with Crippen molar-refractivity contribution < 1.29 is 14.6 Å². The van der Waals surface area contributed by atoms with Gasteiger partial charge in [-0.15, -0.1) is 0 Å². The summed E-state index contributed by atoms with van der Waals surface area (Å²) < 4.78 is 5.16. The number of amidine groups is 1. The van der Waals surface area contributed by atoms with Crippen LogP contribution in [0.3, 0.4) is 0 Å². The molecule has 1 aliphatic heterocycles. The number of nitrogens with one attached hydrogen (secondary N) is 1. The maximum Gasteiger partial charge on any atom is 0.264 e. The Morgan fingerprint density at radius 2 is 1.55 bits per heavy atom. The molecule has 31 heavy (non-hydrogen) atoms. The van der Waals surface area contributed by atoms with E-state index in [2.05, 4.69) is 51.9 Å². The first-order valence-corrected chi connectivity index (χ1v) is 11.0. The third-order valence-electron chi connectivity index (χ3n) is 5.00. The lowest BCUT2D eigenvalue weighted by Gasteiger charge is -2.28. The molecule has 0 bridgehead atoms. The average Bonchev–Trinajstić information content (AvgIpc) is 3.00. The van der Waals surface area contributed by atoms with Gasteiger partial charge in [-0.2, -0.15) is 0 Å². The number of thioether (sulfide) groups is 1.